The molecule has 0 saturated carbocycles. The Morgan fingerprint density at radius 1 is 1.12 bits per heavy atom. The van der Waals surface area contributed by atoms with Crippen LogP contribution in [0.25, 0.3) is 10.9 Å². The van der Waals surface area contributed by atoms with Crippen LogP contribution >= 0.6 is 0 Å². The van der Waals surface area contributed by atoms with Crippen LogP contribution in [0.4, 0.5) is 17.2 Å². The second-order valence-electron chi connectivity index (χ2n) is 9.08. The largest absolute Gasteiger partial charge is 0.340 e. The van der Waals surface area contributed by atoms with E-state index >= 15 is 0 Å². The first kappa shape index (κ1) is 20.2. The number of anilines is 3. The minimum atomic E-state index is -0.202. The van der Waals surface area contributed by atoms with E-state index in [1.54, 1.807) is 24.5 Å². The fourth-order valence-electron chi connectivity index (χ4n) is 4.61. The Bertz CT molecular complexity index is 1310. The average molecular weight is 427 g/mol. The van der Waals surface area contributed by atoms with Gasteiger partial charge in [-0.05, 0) is 60.6 Å². The summed E-state index contributed by atoms with van der Waals surface area (Å²) >= 11 is 0. The van der Waals surface area contributed by atoms with Crippen LogP contribution in [0.5, 0.6) is 0 Å². The van der Waals surface area contributed by atoms with E-state index in [1.165, 1.54) is 11.1 Å². The predicted octanol–water partition coefficient (Wildman–Crippen LogP) is 4.68. The molecule has 32 heavy (non-hydrogen) atoms. The van der Waals surface area contributed by atoms with E-state index in [-0.39, 0.29) is 11.3 Å². The molecule has 162 valence electrons. The number of aromatic amines is 1. The first-order chi connectivity index (χ1) is 15.4. The van der Waals surface area contributed by atoms with Crippen molar-refractivity contribution >= 4 is 34.0 Å². The first-order valence-electron chi connectivity index (χ1n) is 10.7. The van der Waals surface area contributed by atoms with Gasteiger partial charge in [0.15, 0.2) is 0 Å². The molecule has 0 saturated heterocycles. The molecule has 0 spiro atoms. The van der Waals surface area contributed by atoms with Crippen LogP contribution in [0.3, 0.4) is 0 Å². The molecule has 0 unspecified atom stereocenters. The molecule has 7 nitrogen and oxygen atoms in total. The van der Waals surface area contributed by atoms with Gasteiger partial charge >= 0.3 is 0 Å². The molecule has 4 aromatic rings. The summed E-state index contributed by atoms with van der Waals surface area (Å²) in [5, 5.41) is 14.3. The summed E-state index contributed by atoms with van der Waals surface area (Å²) in [6.45, 7) is 6.40. The standard InChI is InChI=1S/C25H26N6O/c1-25(2)15-31(3)14-17-11-18(8-9-21(17)25)29-24(32)20-5-4-10-26-23(20)28-19-7-6-16-13-27-30-22(16)12-19/h4-13H,14-15H2,1-3H3,(H,26,28)(H,27,30)(H,29,32). The zero-order chi connectivity index (χ0) is 22.3. The van der Waals surface area contributed by atoms with E-state index in [0.717, 1.165) is 35.4 Å². The minimum Gasteiger partial charge on any atom is -0.340 e. The third-order valence-electron chi connectivity index (χ3n) is 5.95. The predicted molar refractivity (Wildman–Crippen MR) is 127 cm³/mol. The van der Waals surface area contributed by atoms with Gasteiger partial charge in [-0.2, -0.15) is 5.10 Å². The monoisotopic (exact) mass is 426 g/mol. The molecule has 5 rings (SSSR count). The van der Waals surface area contributed by atoms with Gasteiger partial charge in [-0.3, -0.25) is 9.89 Å². The highest BCUT2D eigenvalue weighted by Gasteiger charge is 2.30. The normalized spacial score (nSPS) is 15.3. The molecular formula is C25H26N6O. The number of rotatable bonds is 4. The number of fused-ring (bicyclic) bond motifs is 2. The number of likely N-dealkylation sites (N-methyl/N-ethyl adjacent to an activating group) is 1. The highest BCUT2D eigenvalue weighted by atomic mass is 16.1. The number of aromatic nitrogens is 3. The average Bonchev–Trinajstić information content (AvgIpc) is 3.21. The van der Waals surface area contributed by atoms with Crippen molar-refractivity contribution < 1.29 is 4.79 Å². The Hall–Kier alpha value is -3.71. The number of benzene rings is 2. The smallest absolute Gasteiger partial charge is 0.259 e. The number of nitrogens with one attached hydrogen (secondary N) is 3. The SMILES string of the molecule is CN1Cc2cc(NC(=O)c3cccnc3Nc3ccc4cn[nH]c4c3)ccc2C(C)(C)C1. The maximum atomic E-state index is 13.1. The Labute approximate surface area is 186 Å². The summed E-state index contributed by atoms with van der Waals surface area (Å²) in [5.74, 6) is 0.300. The van der Waals surface area contributed by atoms with E-state index < -0.39 is 0 Å². The highest BCUT2D eigenvalue weighted by Crippen LogP contribution is 2.34. The Balaban J connectivity index is 1.39. The molecule has 1 aliphatic heterocycles. The number of pyridine rings is 1. The van der Waals surface area contributed by atoms with Crippen LogP contribution in [-0.4, -0.2) is 39.6 Å². The lowest BCUT2D eigenvalue weighted by atomic mass is 9.78. The topological polar surface area (TPSA) is 85.9 Å². The van der Waals surface area contributed by atoms with Crippen molar-refractivity contribution in [1.82, 2.24) is 20.1 Å². The van der Waals surface area contributed by atoms with Crippen molar-refractivity contribution in [2.45, 2.75) is 25.8 Å². The number of hydrogen-bond donors (Lipinski definition) is 3. The summed E-state index contributed by atoms with van der Waals surface area (Å²) in [5.41, 5.74) is 5.68. The molecule has 0 aliphatic carbocycles. The molecule has 2 aromatic carbocycles. The number of hydrogen-bond acceptors (Lipinski definition) is 5. The molecule has 3 heterocycles. The molecular weight excluding hydrogens is 400 g/mol. The van der Waals surface area contributed by atoms with E-state index in [1.807, 2.05) is 24.3 Å². The van der Waals surface area contributed by atoms with Crippen LogP contribution in [0.2, 0.25) is 0 Å². The summed E-state index contributed by atoms with van der Waals surface area (Å²) in [4.78, 5) is 19.9. The Kier molecular flexibility index (Phi) is 4.90. The van der Waals surface area contributed by atoms with Gasteiger partial charge < -0.3 is 15.5 Å². The van der Waals surface area contributed by atoms with Crippen molar-refractivity contribution in [2.75, 3.05) is 24.2 Å². The van der Waals surface area contributed by atoms with Crippen molar-refractivity contribution in [3.8, 4) is 0 Å². The number of H-pyrrole nitrogens is 1. The molecule has 0 atom stereocenters. The van der Waals surface area contributed by atoms with Gasteiger partial charge in [0.05, 0.1) is 17.3 Å². The van der Waals surface area contributed by atoms with Crippen molar-refractivity contribution in [3.05, 3.63) is 77.6 Å². The Morgan fingerprint density at radius 3 is 2.84 bits per heavy atom. The van der Waals surface area contributed by atoms with Gasteiger partial charge in [-0.15, -0.1) is 0 Å². The molecule has 1 aliphatic rings. The fourth-order valence-corrected chi connectivity index (χ4v) is 4.61. The molecule has 0 radical (unpaired) electrons. The van der Waals surface area contributed by atoms with Crippen molar-refractivity contribution in [1.29, 1.82) is 0 Å². The quantitative estimate of drug-likeness (QED) is 0.441. The lowest BCUT2D eigenvalue weighted by Gasteiger charge is -2.38. The first-order valence-corrected chi connectivity index (χ1v) is 10.7. The van der Waals surface area contributed by atoms with E-state index in [2.05, 4.69) is 63.7 Å². The fraction of sp³-hybridized carbons (Fsp3) is 0.240. The highest BCUT2D eigenvalue weighted by molar-refractivity contribution is 6.08. The van der Waals surface area contributed by atoms with E-state index in [4.69, 9.17) is 0 Å². The van der Waals surface area contributed by atoms with Gasteiger partial charge in [-0.25, -0.2) is 4.98 Å². The number of nitrogens with zero attached hydrogens (tertiary/aromatic N) is 3. The zero-order valence-corrected chi connectivity index (χ0v) is 18.4. The van der Waals surface area contributed by atoms with Crippen LogP contribution in [0.15, 0.2) is 60.9 Å². The molecule has 1 amide bonds. The van der Waals surface area contributed by atoms with Gasteiger partial charge in [0.25, 0.3) is 5.91 Å². The lowest BCUT2D eigenvalue weighted by Crippen LogP contribution is -2.39. The second kappa shape index (κ2) is 7.76. The number of carbonyl (C=O) groups is 1. The zero-order valence-electron chi connectivity index (χ0n) is 18.4. The molecule has 3 N–H and O–H groups in total. The van der Waals surface area contributed by atoms with E-state index in [9.17, 15) is 4.79 Å². The third kappa shape index (κ3) is 3.83. The minimum absolute atomic E-state index is 0.0844. The lowest BCUT2D eigenvalue weighted by molar-refractivity contribution is 0.102. The maximum Gasteiger partial charge on any atom is 0.259 e. The summed E-state index contributed by atoms with van der Waals surface area (Å²) in [7, 11) is 2.13. The maximum absolute atomic E-state index is 13.1. The van der Waals surface area contributed by atoms with Crippen molar-refractivity contribution in [3.63, 3.8) is 0 Å². The summed E-state index contributed by atoms with van der Waals surface area (Å²) in [6.07, 6.45) is 3.45. The van der Waals surface area contributed by atoms with Gasteiger partial charge in [0.1, 0.15) is 5.82 Å². The molecule has 7 heteroatoms. The molecule has 0 bridgehead atoms. The molecule has 2 aromatic heterocycles. The third-order valence-corrected chi connectivity index (χ3v) is 5.95. The van der Waals surface area contributed by atoms with Crippen molar-refractivity contribution in [2.24, 2.45) is 0 Å². The number of amides is 1. The number of carbonyl (C=O) groups excluding carboxylic acids is 1. The summed E-state index contributed by atoms with van der Waals surface area (Å²) < 4.78 is 0. The van der Waals surface area contributed by atoms with Gasteiger partial charge in [0.2, 0.25) is 0 Å². The van der Waals surface area contributed by atoms with Crippen LogP contribution in [0, 0.1) is 0 Å². The van der Waals surface area contributed by atoms with Crippen LogP contribution in [-0.2, 0) is 12.0 Å². The van der Waals surface area contributed by atoms with Gasteiger partial charge in [0, 0.05) is 41.5 Å². The van der Waals surface area contributed by atoms with Crippen LogP contribution in [0.1, 0.15) is 35.3 Å². The van der Waals surface area contributed by atoms with Crippen LogP contribution < -0.4 is 10.6 Å². The van der Waals surface area contributed by atoms with Gasteiger partial charge in [-0.1, -0.05) is 19.9 Å². The molecule has 0 fully saturated rings. The summed E-state index contributed by atoms with van der Waals surface area (Å²) in [6, 6.07) is 15.6. The second-order valence-corrected chi connectivity index (χ2v) is 9.08. The van der Waals surface area contributed by atoms with E-state index in [0.29, 0.717) is 11.4 Å². The Morgan fingerprint density at radius 2 is 1.97 bits per heavy atom.